The van der Waals surface area contributed by atoms with Crippen LogP contribution in [0.4, 0.5) is 0 Å². The minimum Gasteiger partial charge on any atom is -0.462 e. The number of carbonyl (C=O) groups excluding carboxylic acids is 2. The number of hydrogen-bond donors (Lipinski definition) is 1. The number of carbonyl (C=O) groups is 2. The van der Waals surface area contributed by atoms with Gasteiger partial charge in [0.25, 0.3) is 0 Å². The third kappa shape index (κ3) is 4.56. The molecule has 0 amide bonds. The van der Waals surface area contributed by atoms with E-state index in [4.69, 9.17) is 9.47 Å². The van der Waals surface area contributed by atoms with Crippen LogP contribution in [0.2, 0.25) is 0 Å². The monoisotopic (exact) mass is 308 g/mol. The third-order valence-electron chi connectivity index (χ3n) is 3.20. The first kappa shape index (κ1) is 18.2. The fourth-order valence-electron chi connectivity index (χ4n) is 2.02. The van der Waals surface area contributed by atoms with Crippen LogP contribution in [0.1, 0.15) is 65.8 Å². The predicted octanol–water partition coefficient (Wildman–Crippen LogP) is 2.92. The Morgan fingerprint density at radius 2 is 1.68 bits per heavy atom. The van der Waals surface area contributed by atoms with E-state index >= 15 is 0 Å². The second-order valence-corrected chi connectivity index (χ2v) is 5.13. The molecule has 0 radical (unpaired) electrons. The van der Waals surface area contributed by atoms with E-state index in [0.717, 1.165) is 0 Å². The van der Waals surface area contributed by atoms with Crippen LogP contribution in [0.25, 0.3) is 0 Å². The Balaban J connectivity index is 3.24. The lowest BCUT2D eigenvalue weighted by Gasteiger charge is -2.17. The van der Waals surface area contributed by atoms with Crippen LogP contribution in [0, 0.1) is 0 Å². The second-order valence-electron chi connectivity index (χ2n) is 5.13. The van der Waals surface area contributed by atoms with Gasteiger partial charge in [0, 0.05) is 12.5 Å². The number of ether oxygens (including phenoxy) is 2. The number of hydrogen-bond acceptors (Lipinski definition) is 5. The lowest BCUT2D eigenvalue weighted by Crippen LogP contribution is -2.18. The molecule has 1 aromatic rings. The molecule has 0 fully saturated rings. The number of aliphatic hydroxyl groups is 1. The summed E-state index contributed by atoms with van der Waals surface area (Å²) in [5, 5.41) is 9.37. The van der Waals surface area contributed by atoms with E-state index in [1.165, 1.54) is 0 Å². The Labute approximate surface area is 131 Å². The Bertz CT molecular complexity index is 510. The van der Waals surface area contributed by atoms with Crippen LogP contribution in [0.3, 0.4) is 0 Å². The lowest BCUT2D eigenvalue weighted by atomic mass is 9.92. The molecule has 0 spiro atoms. The number of rotatable bonds is 8. The van der Waals surface area contributed by atoms with Gasteiger partial charge in [0.15, 0.2) is 0 Å². The highest BCUT2D eigenvalue weighted by Crippen LogP contribution is 2.24. The fraction of sp³-hybridized carbons (Fsp3) is 0.529. The Morgan fingerprint density at radius 3 is 2.23 bits per heavy atom. The van der Waals surface area contributed by atoms with Gasteiger partial charge in [0.05, 0.1) is 24.3 Å². The van der Waals surface area contributed by atoms with Gasteiger partial charge in [-0.05, 0) is 24.5 Å². The van der Waals surface area contributed by atoms with Crippen LogP contribution in [0.15, 0.2) is 18.2 Å². The van der Waals surface area contributed by atoms with E-state index in [2.05, 4.69) is 0 Å². The smallest absolute Gasteiger partial charge is 0.339 e. The zero-order valence-electron chi connectivity index (χ0n) is 13.4. The van der Waals surface area contributed by atoms with Crippen LogP contribution >= 0.6 is 0 Å². The predicted molar refractivity (Wildman–Crippen MR) is 83.1 cm³/mol. The summed E-state index contributed by atoms with van der Waals surface area (Å²) in [4.78, 5) is 24.5. The number of benzene rings is 1. The third-order valence-corrected chi connectivity index (χ3v) is 3.20. The molecule has 122 valence electrons. The minimum atomic E-state index is -0.554. The van der Waals surface area contributed by atoms with Crippen LogP contribution in [-0.4, -0.2) is 36.9 Å². The average Bonchev–Trinajstić information content (AvgIpc) is 2.55. The van der Waals surface area contributed by atoms with Crippen molar-refractivity contribution < 1.29 is 24.2 Å². The SMILES string of the molecule is CCCOC(=O)c1cccc(C(C)CO)c1C(=O)OCCC. The van der Waals surface area contributed by atoms with Crippen molar-refractivity contribution in [3.63, 3.8) is 0 Å². The van der Waals surface area contributed by atoms with Gasteiger partial charge >= 0.3 is 11.9 Å². The lowest BCUT2D eigenvalue weighted by molar-refractivity contribution is 0.0456. The van der Waals surface area contributed by atoms with Crippen LogP contribution in [-0.2, 0) is 9.47 Å². The molecule has 1 N–H and O–H groups in total. The minimum absolute atomic E-state index is 0.123. The van der Waals surface area contributed by atoms with Crippen molar-refractivity contribution in [1.82, 2.24) is 0 Å². The first-order valence-corrected chi connectivity index (χ1v) is 7.64. The maximum Gasteiger partial charge on any atom is 0.339 e. The summed E-state index contributed by atoms with van der Waals surface area (Å²) < 4.78 is 10.3. The summed E-state index contributed by atoms with van der Waals surface area (Å²) in [6, 6.07) is 4.95. The van der Waals surface area contributed by atoms with Gasteiger partial charge in [-0.2, -0.15) is 0 Å². The van der Waals surface area contributed by atoms with Crippen molar-refractivity contribution >= 4 is 11.9 Å². The van der Waals surface area contributed by atoms with Crippen molar-refractivity contribution in [2.75, 3.05) is 19.8 Å². The van der Waals surface area contributed by atoms with Crippen molar-refractivity contribution in [2.45, 2.75) is 39.5 Å². The molecule has 1 rings (SSSR count). The summed E-state index contributed by atoms with van der Waals surface area (Å²) in [6.07, 6.45) is 1.40. The van der Waals surface area contributed by atoms with E-state index in [9.17, 15) is 14.7 Å². The van der Waals surface area contributed by atoms with Crippen LogP contribution < -0.4 is 0 Å². The first-order chi connectivity index (χ1) is 10.6. The standard InChI is InChI=1S/C17H24O5/c1-4-9-21-16(19)14-8-6-7-13(12(3)11-18)15(14)17(20)22-10-5-2/h6-8,12,18H,4-5,9-11H2,1-3H3. The number of aliphatic hydroxyl groups excluding tert-OH is 1. The normalized spacial score (nSPS) is 11.8. The highest BCUT2D eigenvalue weighted by Gasteiger charge is 2.25. The fourth-order valence-corrected chi connectivity index (χ4v) is 2.02. The molecule has 0 saturated carbocycles. The topological polar surface area (TPSA) is 72.8 Å². The first-order valence-electron chi connectivity index (χ1n) is 7.64. The molecule has 0 saturated heterocycles. The summed E-state index contributed by atoms with van der Waals surface area (Å²) in [6.45, 7) is 6.03. The van der Waals surface area contributed by atoms with E-state index in [1.807, 2.05) is 13.8 Å². The molecule has 5 nitrogen and oxygen atoms in total. The summed E-state index contributed by atoms with van der Waals surface area (Å²) >= 11 is 0. The van der Waals surface area contributed by atoms with E-state index in [-0.39, 0.29) is 30.3 Å². The molecule has 1 atom stereocenters. The molecule has 22 heavy (non-hydrogen) atoms. The molecule has 1 unspecified atom stereocenters. The molecule has 0 aromatic heterocycles. The average molecular weight is 308 g/mol. The molecule has 0 bridgehead atoms. The van der Waals surface area contributed by atoms with Crippen molar-refractivity contribution in [1.29, 1.82) is 0 Å². The van der Waals surface area contributed by atoms with Crippen molar-refractivity contribution in [2.24, 2.45) is 0 Å². The zero-order chi connectivity index (χ0) is 16.5. The summed E-state index contributed by atoms with van der Waals surface area (Å²) in [5.74, 6) is -1.37. The van der Waals surface area contributed by atoms with Gasteiger partial charge in [0.2, 0.25) is 0 Å². The van der Waals surface area contributed by atoms with Gasteiger partial charge in [-0.1, -0.05) is 32.9 Å². The van der Waals surface area contributed by atoms with Gasteiger partial charge in [-0.3, -0.25) is 0 Å². The molecule has 5 heteroatoms. The van der Waals surface area contributed by atoms with Gasteiger partial charge in [-0.15, -0.1) is 0 Å². The molecular formula is C17H24O5. The summed E-state index contributed by atoms with van der Waals surface area (Å²) in [7, 11) is 0. The second kappa shape index (κ2) is 9.20. The van der Waals surface area contributed by atoms with Gasteiger partial charge < -0.3 is 14.6 Å². The van der Waals surface area contributed by atoms with E-state index in [1.54, 1.807) is 25.1 Å². The van der Waals surface area contributed by atoms with E-state index in [0.29, 0.717) is 25.0 Å². The quantitative estimate of drug-likeness (QED) is 0.748. The maximum atomic E-state index is 12.3. The molecule has 0 heterocycles. The van der Waals surface area contributed by atoms with Crippen LogP contribution in [0.5, 0.6) is 0 Å². The van der Waals surface area contributed by atoms with Crippen molar-refractivity contribution in [3.05, 3.63) is 34.9 Å². The highest BCUT2D eigenvalue weighted by atomic mass is 16.5. The Hall–Kier alpha value is -1.88. The Morgan fingerprint density at radius 1 is 1.09 bits per heavy atom. The largest absolute Gasteiger partial charge is 0.462 e. The Kier molecular flexibility index (Phi) is 7.60. The number of esters is 2. The molecule has 1 aromatic carbocycles. The van der Waals surface area contributed by atoms with Gasteiger partial charge in [0.1, 0.15) is 0 Å². The molecule has 0 aliphatic rings. The van der Waals surface area contributed by atoms with Gasteiger partial charge in [-0.25, -0.2) is 9.59 Å². The molecule has 0 aliphatic heterocycles. The highest BCUT2D eigenvalue weighted by molar-refractivity contribution is 6.04. The molecule has 0 aliphatic carbocycles. The maximum absolute atomic E-state index is 12.3. The molecular weight excluding hydrogens is 284 g/mol. The summed E-state index contributed by atoms with van der Waals surface area (Å²) in [5.41, 5.74) is 0.973. The van der Waals surface area contributed by atoms with Crippen molar-refractivity contribution in [3.8, 4) is 0 Å². The zero-order valence-corrected chi connectivity index (χ0v) is 13.4. The van der Waals surface area contributed by atoms with E-state index < -0.39 is 11.9 Å².